The van der Waals surface area contributed by atoms with E-state index in [0.717, 1.165) is 11.3 Å². The second kappa shape index (κ2) is 8.63. The Labute approximate surface area is 152 Å². The van der Waals surface area contributed by atoms with Crippen molar-refractivity contribution in [3.63, 3.8) is 0 Å². The summed E-state index contributed by atoms with van der Waals surface area (Å²) in [6.45, 7) is 0. The third-order valence-electron chi connectivity index (χ3n) is 4.23. The van der Waals surface area contributed by atoms with Crippen LogP contribution in [-0.2, 0) is 11.2 Å². The van der Waals surface area contributed by atoms with Crippen LogP contribution in [0.15, 0.2) is 48.5 Å². The molecule has 0 bridgehead atoms. The molecule has 0 aromatic heterocycles. The lowest BCUT2D eigenvalue weighted by Crippen LogP contribution is -2.47. The maximum absolute atomic E-state index is 13.0. The average molecular weight is 357 g/mol. The van der Waals surface area contributed by atoms with Crippen molar-refractivity contribution in [2.75, 3.05) is 19.5 Å². The molecule has 138 valence electrons. The lowest BCUT2D eigenvalue weighted by atomic mass is 9.95. The van der Waals surface area contributed by atoms with Gasteiger partial charge in [-0.2, -0.15) is 11.1 Å². The number of rotatable bonds is 7. The Morgan fingerprint density at radius 2 is 1.85 bits per heavy atom. The number of methoxy groups -OCH3 is 2. The minimum Gasteiger partial charge on any atom is -0.497 e. The van der Waals surface area contributed by atoms with Crippen LogP contribution in [0, 0.1) is 5.92 Å². The number of hydrazine groups is 3. The normalized spacial score (nSPS) is 15.5. The highest BCUT2D eigenvalue weighted by atomic mass is 16.5. The predicted octanol–water partition coefficient (Wildman–Crippen LogP) is 0.944. The van der Waals surface area contributed by atoms with Gasteiger partial charge >= 0.3 is 0 Å². The summed E-state index contributed by atoms with van der Waals surface area (Å²) in [6.07, 6.45) is 0.193. The Balaban J connectivity index is 1.79. The van der Waals surface area contributed by atoms with Crippen molar-refractivity contribution in [1.29, 1.82) is 0 Å². The molecule has 1 amide bonds. The van der Waals surface area contributed by atoms with Crippen LogP contribution in [0.4, 0.5) is 5.69 Å². The molecular formula is C18H23N5O3. The number of benzene rings is 2. The summed E-state index contributed by atoms with van der Waals surface area (Å²) < 4.78 is 10.6. The van der Waals surface area contributed by atoms with Crippen LogP contribution in [0.3, 0.4) is 0 Å². The van der Waals surface area contributed by atoms with Gasteiger partial charge in [-0.05, 0) is 30.2 Å². The third-order valence-corrected chi connectivity index (χ3v) is 4.23. The second-order valence-corrected chi connectivity index (χ2v) is 5.86. The van der Waals surface area contributed by atoms with Gasteiger partial charge in [0.1, 0.15) is 11.5 Å². The van der Waals surface area contributed by atoms with E-state index in [2.05, 4.69) is 27.2 Å². The number of para-hydroxylation sites is 1. The zero-order valence-corrected chi connectivity index (χ0v) is 14.7. The van der Waals surface area contributed by atoms with Crippen molar-refractivity contribution in [1.82, 2.24) is 21.9 Å². The molecule has 26 heavy (non-hydrogen) atoms. The van der Waals surface area contributed by atoms with E-state index in [1.165, 1.54) is 0 Å². The number of amides is 1. The molecule has 5 N–H and O–H groups in total. The van der Waals surface area contributed by atoms with Gasteiger partial charge in [0.05, 0.1) is 26.3 Å². The minimum atomic E-state index is -0.403. The Morgan fingerprint density at radius 3 is 2.58 bits per heavy atom. The quantitative estimate of drug-likeness (QED) is 0.503. The number of carbonyl (C=O) groups excluding carboxylic acids is 1. The topological polar surface area (TPSA) is 95.7 Å². The monoisotopic (exact) mass is 357 g/mol. The van der Waals surface area contributed by atoms with Gasteiger partial charge in [-0.3, -0.25) is 4.79 Å². The first-order valence-corrected chi connectivity index (χ1v) is 8.29. The molecule has 0 saturated carbocycles. The Kier molecular flexibility index (Phi) is 6.03. The van der Waals surface area contributed by atoms with Crippen molar-refractivity contribution in [3.05, 3.63) is 54.1 Å². The van der Waals surface area contributed by atoms with Crippen LogP contribution in [-0.4, -0.2) is 26.3 Å². The number of ether oxygens (including phenoxy) is 2. The summed E-state index contributed by atoms with van der Waals surface area (Å²) in [6, 6.07) is 15.0. The molecule has 2 aromatic carbocycles. The molecule has 8 nitrogen and oxygen atoms in total. The van der Waals surface area contributed by atoms with Crippen LogP contribution >= 0.6 is 0 Å². The molecule has 1 unspecified atom stereocenters. The van der Waals surface area contributed by atoms with E-state index in [4.69, 9.17) is 9.47 Å². The fraction of sp³-hybridized carbons (Fsp3) is 0.278. The van der Waals surface area contributed by atoms with Crippen LogP contribution in [0.1, 0.15) is 5.56 Å². The summed E-state index contributed by atoms with van der Waals surface area (Å²) in [7, 11) is 3.22. The number of hydrogen-bond donors (Lipinski definition) is 5. The van der Waals surface area contributed by atoms with Gasteiger partial charge in [-0.15, -0.1) is 0 Å². The lowest BCUT2D eigenvalue weighted by Gasteiger charge is -2.23. The summed E-state index contributed by atoms with van der Waals surface area (Å²) in [4.78, 5) is 13.0. The predicted molar refractivity (Wildman–Crippen MR) is 98.1 cm³/mol. The van der Waals surface area contributed by atoms with Gasteiger partial charge in [0, 0.05) is 11.8 Å². The molecule has 3 rings (SSSR count). The number of hydrogen-bond acceptors (Lipinski definition) is 7. The van der Waals surface area contributed by atoms with E-state index >= 15 is 0 Å². The molecule has 1 saturated heterocycles. The molecule has 1 fully saturated rings. The maximum Gasteiger partial charge on any atom is 0.230 e. The van der Waals surface area contributed by atoms with Crippen molar-refractivity contribution >= 4 is 11.6 Å². The molecule has 8 heteroatoms. The maximum atomic E-state index is 13.0. The van der Waals surface area contributed by atoms with E-state index in [-0.39, 0.29) is 12.1 Å². The van der Waals surface area contributed by atoms with Crippen LogP contribution in [0.2, 0.25) is 0 Å². The molecule has 0 radical (unpaired) electrons. The Hall–Kier alpha value is -2.65. The summed E-state index contributed by atoms with van der Waals surface area (Å²) in [5, 5.41) is 2.96. The average Bonchev–Trinajstić information content (AvgIpc) is 3.20. The zero-order chi connectivity index (χ0) is 18.4. The SMILES string of the molecule is COc1cccc(NC(=O)C(Cc2ccccc2OC)C2NNNN2)c1. The highest BCUT2D eigenvalue weighted by Gasteiger charge is 2.31. The summed E-state index contributed by atoms with van der Waals surface area (Å²) >= 11 is 0. The number of carbonyl (C=O) groups is 1. The van der Waals surface area contributed by atoms with E-state index < -0.39 is 5.92 Å². The molecular weight excluding hydrogens is 334 g/mol. The summed E-state index contributed by atoms with van der Waals surface area (Å²) in [5.74, 6) is 0.912. The molecule has 1 aliphatic rings. The van der Waals surface area contributed by atoms with Crippen molar-refractivity contribution in [2.24, 2.45) is 5.92 Å². The number of anilines is 1. The molecule has 0 aliphatic carbocycles. The van der Waals surface area contributed by atoms with Crippen LogP contribution in [0.5, 0.6) is 11.5 Å². The highest BCUT2D eigenvalue weighted by molar-refractivity contribution is 5.93. The standard InChI is InChI=1S/C18H23N5O3/c1-25-14-8-5-7-13(11-14)19-18(24)15(17-20-22-23-21-17)10-12-6-3-4-9-16(12)26-2/h3-9,11,15,17,20-23H,10H2,1-2H3,(H,19,24). The van der Waals surface area contributed by atoms with Gasteiger partial charge in [0.15, 0.2) is 0 Å². The van der Waals surface area contributed by atoms with Crippen LogP contribution < -0.4 is 36.7 Å². The Morgan fingerprint density at radius 1 is 1.08 bits per heavy atom. The zero-order valence-electron chi connectivity index (χ0n) is 14.7. The molecule has 1 aliphatic heterocycles. The first-order chi connectivity index (χ1) is 12.7. The van der Waals surface area contributed by atoms with E-state index in [1.54, 1.807) is 20.3 Å². The van der Waals surface area contributed by atoms with Gasteiger partial charge in [0.25, 0.3) is 0 Å². The lowest BCUT2D eigenvalue weighted by molar-refractivity contribution is -0.120. The van der Waals surface area contributed by atoms with E-state index in [1.807, 2.05) is 42.5 Å². The molecule has 1 heterocycles. The first kappa shape index (κ1) is 18.2. The second-order valence-electron chi connectivity index (χ2n) is 5.86. The van der Waals surface area contributed by atoms with Crippen molar-refractivity contribution < 1.29 is 14.3 Å². The molecule has 2 aromatic rings. The minimum absolute atomic E-state index is 0.125. The van der Waals surface area contributed by atoms with Crippen molar-refractivity contribution in [3.8, 4) is 11.5 Å². The van der Waals surface area contributed by atoms with E-state index in [9.17, 15) is 4.79 Å². The smallest absolute Gasteiger partial charge is 0.230 e. The summed E-state index contributed by atoms with van der Waals surface area (Å²) in [5.41, 5.74) is 13.2. The molecule has 0 spiro atoms. The molecule has 1 atom stereocenters. The highest BCUT2D eigenvalue weighted by Crippen LogP contribution is 2.24. The van der Waals surface area contributed by atoms with Gasteiger partial charge in [-0.1, -0.05) is 24.3 Å². The fourth-order valence-corrected chi connectivity index (χ4v) is 2.87. The largest absolute Gasteiger partial charge is 0.497 e. The van der Waals surface area contributed by atoms with Gasteiger partial charge < -0.3 is 14.8 Å². The van der Waals surface area contributed by atoms with Crippen molar-refractivity contribution in [2.45, 2.75) is 12.6 Å². The number of nitrogens with one attached hydrogen (secondary N) is 5. The third kappa shape index (κ3) is 4.30. The van der Waals surface area contributed by atoms with Gasteiger partial charge in [-0.25, -0.2) is 10.9 Å². The fourth-order valence-electron chi connectivity index (χ4n) is 2.87. The Bertz CT molecular complexity index is 749. The van der Waals surface area contributed by atoms with Gasteiger partial charge in [0.2, 0.25) is 5.91 Å². The van der Waals surface area contributed by atoms with Crippen LogP contribution in [0.25, 0.3) is 0 Å². The van der Waals surface area contributed by atoms with E-state index in [0.29, 0.717) is 17.9 Å². The first-order valence-electron chi connectivity index (χ1n) is 8.29.